The minimum atomic E-state index is -5.04. The van der Waals surface area contributed by atoms with Crippen LogP contribution in [0.15, 0.2) is 60.9 Å². The SMILES string of the molecule is Cc1c(F)cccc1-c1nc2cn[n+](C(C)(C)c3ccc(-c4ccc(C(F)(F)F)cc4C(F)(F)F)nn3)cc2[nH]1. The van der Waals surface area contributed by atoms with Crippen LogP contribution in [-0.2, 0) is 17.9 Å². The summed E-state index contributed by atoms with van der Waals surface area (Å²) >= 11 is 0. The summed E-state index contributed by atoms with van der Waals surface area (Å²) in [5, 5.41) is 12.4. The summed E-state index contributed by atoms with van der Waals surface area (Å²) in [5.74, 6) is 0.0819. The van der Waals surface area contributed by atoms with E-state index in [2.05, 4.69) is 25.3 Å². The zero-order valence-electron chi connectivity index (χ0n) is 21.2. The first-order valence-electron chi connectivity index (χ1n) is 11.8. The van der Waals surface area contributed by atoms with Gasteiger partial charge in [0.1, 0.15) is 34.6 Å². The van der Waals surface area contributed by atoms with Crippen LogP contribution in [-0.4, -0.2) is 25.3 Å². The zero-order valence-corrected chi connectivity index (χ0v) is 21.2. The molecular formula is C27H20F7N6+. The van der Waals surface area contributed by atoms with Gasteiger partial charge in [-0.2, -0.15) is 26.3 Å². The lowest BCUT2D eigenvalue weighted by molar-refractivity contribution is -0.799. The van der Waals surface area contributed by atoms with E-state index >= 15 is 0 Å². The second-order valence-corrected chi connectivity index (χ2v) is 9.63. The summed E-state index contributed by atoms with van der Waals surface area (Å²) in [4.78, 5) is 7.64. The number of alkyl halides is 6. The van der Waals surface area contributed by atoms with Crippen LogP contribution in [0.25, 0.3) is 33.7 Å². The van der Waals surface area contributed by atoms with E-state index < -0.39 is 34.6 Å². The van der Waals surface area contributed by atoms with E-state index in [0.29, 0.717) is 39.7 Å². The fraction of sp³-hybridized carbons (Fsp3) is 0.222. The minimum Gasteiger partial charge on any atom is -0.333 e. The van der Waals surface area contributed by atoms with Gasteiger partial charge in [0.25, 0.3) is 0 Å². The van der Waals surface area contributed by atoms with Crippen molar-refractivity contribution in [3.8, 4) is 22.6 Å². The Balaban J connectivity index is 1.49. The van der Waals surface area contributed by atoms with Gasteiger partial charge in [0.2, 0.25) is 11.7 Å². The summed E-state index contributed by atoms with van der Waals surface area (Å²) < 4.78 is 95.5. The number of aromatic nitrogens is 6. The van der Waals surface area contributed by atoms with Crippen molar-refractivity contribution in [3.63, 3.8) is 0 Å². The van der Waals surface area contributed by atoms with E-state index in [0.717, 1.165) is 6.07 Å². The molecule has 5 aromatic rings. The third-order valence-corrected chi connectivity index (χ3v) is 6.63. The summed E-state index contributed by atoms with van der Waals surface area (Å²) in [5.41, 5.74) is -2.14. The van der Waals surface area contributed by atoms with E-state index in [1.165, 1.54) is 24.4 Å². The highest BCUT2D eigenvalue weighted by atomic mass is 19.4. The molecule has 0 amide bonds. The number of H-pyrrole nitrogens is 1. The van der Waals surface area contributed by atoms with Gasteiger partial charge in [-0.3, -0.25) is 0 Å². The van der Waals surface area contributed by atoms with Crippen molar-refractivity contribution in [1.82, 2.24) is 25.3 Å². The molecule has 0 aliphatic carbocycles. The van der Waals surface area contributed by atoms with Gasteiger partial charge in [-0.15, -0.1) is 10.2 Å². The second-order valence-electron chi connectivity index (χ2n) is 9.63. The predicted octanol–water partition coefficient (Wildman–Crippen LogP) is 6.64. The molecule has 206 valence electrons. The minimum absolute atomic E-state index is 0.0633. The number of hydrogen-bond acceptors (Lipinski definition) is 4. The lowest BCUT2D eigenvalue weighted by Gasteiger charge is -2.17. The maximum absolute atomic E-state index is 14.0. The molecule has 0 spiro atoms. The molecule has 2 aromatic carbocycles. The lowest BCUT2D eigenvalue weighted by Crippen LogP contribution is -2.55. The van der Waals surface area contributed by atoms with Gasteiger partial charge in [0.15, 0.2) is 0 Å². The smallest absolute Gasteiger partial charge is 0.333 e. The number of imidazole rings is 1. The van der Waals surface area contributed by atoms with Gasteiger partial charge in [0, 0.05) is 25.0 Å². The fourth-order valence-corrected chi connectivity index (χ4v) is 4.26. The third-order valence-electron chi connectivity index (χ3n) is 6.63. The normalized spacial score (nSPS) is 12.8. The largest absolute Gasteiger partial charge is 0.417 e. The van der Waals surface area contributed by atoms with Gasteiger partial charge in [0.05, 0.1) is 16.8 Å². The Morgan fingerprint density at radius 1 is 0.850 bits per heavy atom. The molecule has 0 unspecified atom stereocenters. The number of halogens is 7. The molecule has 40 heavy (non-hydrogen) atoms. The summed E-state index contributed by atoms with van der Waals surface area (Å²) in [6, 6.07) is 8.75. The lowest BCUT2D eigenvalue weighted by atomic mass is 9.98. The van der Waals surface area contributed by atoms with Gasteiger partial charge < -0.3 is 4.98 Å². The van der Waals surface area contributed by atoms with Crippen molar-refractivity contribution in [2.24, 2.45) is 0 Å². The highest BCUT2D eigenvalue weighted by Gasteiger charge is 2.39. The van der Waals surface area contributed by atoms with Crippen molar-refractivity contribution < 1.29 is 35.4 Å². The monoisotopic (exact) mass is 561 g/mol. The summed E-state index contributed by atoms with van der Waals surface area (Å²) in [6.45, 7) is 5.15. The molecule has 0 aliphatic rings. The molecule has 5 rings (SSSR count). The molecule has 3 heterocycles. The number of fused-ring (bicyclic) bond motifs is 1. The van der Waals surface area contributed by atoms with Crippen LogP contribution in [0.3, 0.4) is 0 Å². The highest BCUT2D eigenvalue weighted by molar-refractivity contribution is 5.78. The maximum atomic E-state index is 14.0. The van der Waals surface area contributed by atoms with Crippen molar-refractivity contribution in [1.29, 1.82) is 0 Å². The van der Waals surface area contributed by atoms with Gasteiger partial charge in [-0.1, -0.05) is 22.9 Å². The molecule has 1 N–H and O–H groups in total. The summed E-state index contributed by atoms with van der Waals surface area (Å²) in [6.07, 6.45) is -6.81. The van der Waals surface area contributed by atoms with Crippen LogP contribution >= 0.6 is 0 Å². The first-order chi connectivity index (χ1) is 18.7. The quantitative estimate of drug-likeness (QED) is 0.197. The van der Waals surface area contributed by atoms with Gasteiger partial charge in [-0.25, -0.2) is 9.37 Å². The standard InChI is InChI=1S/C27H19F7N6/c1-14-16(5-4-6-19(14)28)24-36-21-12-35-40(13-22(21)37-24)25(2,3)23-10-9-20(38-39-23)17-8-7-15(26(29,30)31)11-18(17)27(32,33)34/h4-13H,1-3H3/p+1. The van der Waals surface area contributed by atoms with Crippen LogP contribution in [0.5, 0.6) is 0 Å². The van der Waals surface area contributed by atoms with E-state index in [9.17, 15) is 30.7 Å². The third kappa shape index (κ3) is 4.87. The Hall–Kier alpha value is -4.42. The molecule has 3 aromatic heterocycles. The number of rotatable bonds is 4. The van der Waals surface area contributed by atoms with Gasteiger partial charge in [-0.05, 0) is 47.9 Å². The zero-order chi connectivity index (χ0) is 29.0. The molecule has 0 atom stereocenters. The Morgan fingerprint density at radius 3 is 2.25 bits per heavy atom. The van der Waals surface area contributed by atoms with E-state index in [1.54, 1.807) is 43.8 Å². The molecule has 0 bridgehead atoms. The van der Waals surface area contributed by atoms with E-state index in [4.69, 9.17) is 0 Å². The molecular weight excluding hydrogens is 541 g/mol. The predicted molar refractivity (Wildman–Crippen MR) is 130 cm³/mol. The van der Waals surface area contributed by atoms with Crippen molar-refractivity contribution in [3.05, 3.63) is 89.1 Å². The highest BCUT2D eigenvalue weighted by Crippen LogP contribution is 2.40. The number of nitrogens with one attached hydrogen (secondary N) is 1. The van der Waals surface area contributed by atoms with Crippen molar-refractivity contribution >= 4 is 11.0 Å². The molecule has 0 saturated heterocycles. The molecule has 0 aliphatic heterocycles. The first-order valence-corrected chi connectivity index (χ1v) is 11.8. The molecule has 0 saturated carbocycles. The first kappa shape index (κ1) is 27.2. The van der Waals surface area contributed by atoms with E-state index in [-0.39, 0.29) is 17.6 Å². The summed E-state index contributed by atoms with van der Waals surface area (Å²) in [7, 11) is 0. The van der Waals surface area contributed by atoms with Crippen LogP contribution < -0.4 is 4.68 Å². The van der Waals surface area contributed by atoms with Crippen LogP contribution in [0.4, 0.5) is 30.7 Å². The Labute approximate surface area is 222 Å². The second kappa shape index (κ2) is 9.35. The molecule has 6 nitrogen and oxygen atoms in total. The van der Waals surface area contributed by atoms with Crippen LogP contribution in [0.1, 0.15) is 36.2 Å². The van der Waals surface area contributed by atoms with E-state index in [1.807, 2.05) is 0 Å². The number of aromatic amines is 1. The van der Waals surface area contributed by atoms with Crippen molar-refractivity contribution in [2.45, 2.75) is 38.7 Å². The number of hydrogen-bond donors (Lipinski definition) is 1. The number of benzene rings is 2. The topological polar surface area (TPSA) is 71.2 Å². The van der Waals surface area contributed by atoms with Crippen molar-refractivity contribution in [2.75, 3.05) is 0 Å². The Bertz CT molecular complexity index is 1720. The Kier molecular flexibility index (Phi) is 6.35. The van der Waals surface area contributed by atoms with Gasteiger partial charge >= 0.3 is 12.4 Å². The fourth-order valence-electron chi connectivity index (χ4n) is 4.26. The molecule has 13 heteroatoms. The molecule has 0 radical (unpaired) electrons. The maximum Gasteiger partial charge on any atom is 0.417 e. The van der Waals surface area contributed by atoms with Crippen LogP contribution in [0.2, 0.25) is 0 Å². The average Bonchev–Trinajstić information content (AvgIpc) is 3.32. The average molecular weight is 561 g/mol. The molecule has 0 fully saturated rings. The van der Waals surface area contributed by atoms with Crippen LogP contribution in [0, 0.1) is 12.7 Å². The number of nitrogens with zero attached hydrogens (tertiary/aromatic N) is 5. The Morgan fingerprint density at radius 2 is 1.60 bits per heavy atom.